The molecule has 1 aromatic carbocycles. The van der Waals surface area contributed by atoms with Crippen LogP contribution in [0, 0.1) is 13.8 Å². The van der Waals surface area contributed by atoms with Crippen LogP contribution in [0.3, 0.4) is 0 Å². The Labute approximate surface area is 147 Å². The minimum atomic E-state index is 0.0303. The molecule has 0 atom stereocenters. The third-order valence-corrected chi connectivity index (χ3v) is 4.75. The van der Waals surface area contributed by atoms with Crippen molar-refractivity contribution >= 4 is 11.7 Å². The summed E-state index contributed by atoms with van der Waals surface area (Å²) in [5.74, 6) is 1.53. The minimum Gasteiger partial charge on any atom is -0.425 e. The second-order valence-corrected chi connectivity index (χ2v) is 6.55. The molecule has 1 saturated heterocycles. The molecule has 0 spiro atoms. The monoisotopic (exact) mass is 341 g/mol. The van der Waals surface area contributed by atoms with Gasteiger partial charge in [0, 0.05) is 44.3 Å². The van der Waals surface area contributed by atoms with E-state index in [0.29, 0.717) is 30.4 Å². The average molecular weight is 341 g/mol. The van der Waals surface area contributed by atoms with Crippen LogP contribution in [0.25, 0.3) is 0 Å². The lowest BCUT2D eigenvalue weighted by atomic mass is 9.96. The second kappa shape index (κ2) is 7.59. The summed E-state index contributed by atoms with van der Waals surface area (Å²) in [6, 6.07) is 7.50. The molecule has 0 aliphatic carbocycles. The number of carbonyl (C=O) groups excluding carboxylic acids is 2. The Hall–Kier alpha value is -2.50. The summed E-state index contributed by atoms with van der Waals surface area (Å²) < 4.78 is 5.49. The van der Waals surface area contributed by atoms with E-state index in [1.807, 2.05) is 36.1 Å². The number of aromatic nitrogens is 2. The van der Waals surface area contributed by atoms with Gasteiger partial charge in [0.1, 0.15) is 0 Å². The van der Waals surface area contributed by atoms with Crippen molar-refractivity contribution < 1.29 is 14.0 Å². The summed E-state index contributed by atoms with van der Waals surface area (Å²) in [4.78, 5) is 26.5. The molecule has 2 aromatic rings. The normalized spacial score (nSPS) is 15.4. The predicted molar refractivity (Wildman–Crippen MR) is 92.3 cm³/mol. The quantitative estimate of drug-likeness (QED) is 0.781. The summed E-state index contributed by atoms with van der Waals surface area (Å²) in [5, 5.41) is 7.94. The highest BCUT2D eigenvalue weighted by atomic mass is 16.4. The Morgan fingerprint density at radius 2 is 1.84 bits per heavy atom. The first-order valence-electron chi connectivity index (χ1n) is 8.71. The van der Waals surface area contributed by atoms with Gasteiger partial charge in [-0.15, -0.1) is 10.2 Å². The van der Waals surface area contributed by atoms with E-state index in [9.17, 15) is 9.59 Å². The van der Waals surface area contributed by atoms with E-state index < -0.39 is 0 Å². The topological polar surface area (TPSA) is 76.3 Å². The zero-order valence-electron chi connectivity index (χ0n) is 14.7. The smallest absolute Gasteiger partial charge is 0.223 e. The van der Waals surface area contributed by atoms with E-state index in [0.717, 1.165) is 18.4 Å². The van der Waals surface area contributed by atoms with Gasteiger partial charge in [-0.3, -0.25) is 9.59 Å². The first-order chi connectivity index (χ1) is 12.0. The van der Waals surface area contributed by atoms with Gasteiger partial charge in [-0.05, 0) is 25.3 Å². The molecular weight excluding hydrogens is 318 g/mol. The lowest BCUT2D eigenvalue weighted by molar-refractivity contribution is -0.132. The molecule has 1 aromatic heterocycles. The molecule has 25 heavy (non-hydrogen) atoms. The number of rotatable bonds is 5. The predicted octanol–water partition coefficient (Wildman–Crippen LogP) is 3.06. The van der Waals surface area contributed by atoms with Gasteiger partial charge in [0.05, 0.1) is 0 Å². The van der Waals surface area contributed by atoms with Crippen molar-refractivity contribution in [3.05, 3.63) is 47.2 Å². The zero-order valence-corrected chi connectivity index (χ0v) is 14.7. The Kier molecular flexibility index (Phi) is 5.26. The number of amides is 1. The Morgan fingerprint density at radius 1 is 1.12 bits per heavy atom. The molecular formula is C19H23N3O3. The molecule has 6 nitrogen and oxygen atoms in total. The van der Waals surface area contributed by atoms with Gasteiger partial charge in [-0.25, -0.2) is 0 Å². The van der Waals surface area contributed by atoms with Crippen LogP contribution in [-0.4, -0.2) is 39.9 Å². The fourth-order valence-electron chi connectivity index (χ4n) is 3.25. The van der Waals surface area contributed by atoms with Crippen LogP contribution in [0.5, 0.6) is 0 Å². The van der Waals surface area contributed by atoms with E-state index in [2.05, 4.69) is 10.2 Å². The van der Waals surface area contributed by atoms with Gasteiger partial charge in [0.15, 0.2) is 5.78 Å². The van der Waals surface area contributed by atoms with Crippen molar-refractivity contribution in [1.82, 2.24) is 15.1 Å². The summed E-state index contributed by atoms with van der Waals surface area (Å²) in [6.45, 7) is 5.03. The largest absolute Gasteiger partial charge is 0.425 e. The van der Waals surface area contributed by atoms with E-state index in [4.69, 9.17) is 4.42 Å². The number of ketones is 1. The molecule has 6 heteroatoms. The number of nitrogens with zero attached hydrogens (tertiary/aromatic N) is 3. The van der Waals surface area contributed by atoms with Crippen molar-refractivity contribution in [2.75, 3.05) is 13.1 Å². The number of carbonyl (C=O) groups is 2. The summed E-state index contributed by atoms with van der Waals surface area (Å²) in [5.41, 5.74) is 1.66. The van der Waals surface area contributed by atoms with Gasteiger partial charge in [0.25, 0.3) is 0 Å². The number of aryl methyl sites for hydroxylation is 2. The first-order valence-corrected chi connectivity index (χ1v) is 8.71. The van der Waals surface area contributed by atoms with Gasteiger partial charge in [-0.2, -0.15) is 0 Å². The molecule has 1 fully saturated rings. The van der Waals surface area contributed by atoms with Crippen LogP contribution >= 0.6 is 0 Å². The lowest BCUT2D eigenvalue weighted by Gasteiger charge is -2.30. The van der Waals surface area contributed by atoms with Crippen LogP contribution in [-0.2, 0) is 4.79 Å². The maximum Gasteiger partial charge on any atom is 0.223 e. The molecule has 0 saturated carbocycles. The average Bonchev–Trinajstić information content (AvgIpc) is 3.06. The van der Waals surface area contributed by atoms with Gasteiger partial charge < -0.3 is 9.32 Å². The minimum absolute atomic E-state index is 0.0303. The maximum absolute atomic E-state index is 12.4. The number of hydrogen-bond donors (Lipinski definition) is 0. The molecule has 3 rings (SSSR count). The van der Waals surface area contributed by atoms with Gasteiger partial charge in [0.2, 0.25) is 17.7 Å². The molecule has 0 N–H and O–H groups in total. The molecule has 0 unspecified atom stereocenters. The summed E-state index contributed by atoms with van der Waals surface area (Å²) in [7, 11) is 0. The standard InChI is InChI=1S/C19H23N3O3/c1-13-5-3-4-6-16(13)17(23)7-8-18(24)22-11-9-15(10-12-22)19-21-20-14(2)25-19/h3-6,15H,7-12H2,1-2H3. The van der Waals surface area contributed by atoms with E-state index in [-0.39, 0.29) is 30.4 Å². The Balaban J connectivity index is 1.48. The van der Waals surface area contributed by atoms with Crippen LogP contribution in [0.15, 0.2) is 28.7 Å². The molecule has 1 aliphatic heterocycles. The number of hydrogen-bond acceptors (Lipinski definition) is 5. The van der Waals surface area contributed by atoms with Gasteiger partial charge >= 0.3 is 0 Å². The molecule has 0 bridgehead atoms. The molecule has 0 radical (unpaired) electrons. The fraction of sp³-hybridized carbons (Fsp3) is 0.474. The Bertz CT molecular complexity index is 761. The molecule has 2 heterocycles. The number of benzene rings is 1. The molecule has 1 amide bonds. The van der Waals surface area contributed by atoms with Crippen molar-refractivity contribution in [3.8, 4) is 0 Å². The van der Waals surface area contributed by atoms with Crippen molar-refractivity contribution in [2.24, 2.45) is 0 Å². The zero-order chi connectivity index (χ0) is 17.8. The first kappa shape index (κ1) is 17.3. The highest BCUT2D eigenvalue weighted by Gasteiger charge is 2.27. The van der Waals surface area contributed by atoms with E-state index in [1.54, 1.807) is 6.92 Å². The number of piperidine rings is 1. The highest BCUT2D eigenvalue weighted by molar-refractivity contribution is 5.99. The SMILES string of the molecule is Cc1nnc(C2CCN(C(=O)CCC(=O)c3ccccc3C)CC2)o1. The molecule has 1 aliphatic rings. The third-order valence-electron chi connectivity index (χ3n) is 4.75. The maximum atomic E-state index is 12.4. The fourth-order valence-corrected chi connectivity index (χ4v) is 3.25. The van der Waals surface area contributed by atoms with Crippen LogP contribution in [0.1, 0.15) is 59.3 Å². The van der Waals surface area contributed by atoms with Gasteiger partial charge in [-0.1, -0.05) is 24.3 Å². The van der Waals surface area contributed by atoms with Crippen molar-refractivity contribution in [3.63, 3.8) is 0 Å². The molecule has 132 valence electrons. The van der Waals surface area contributed by atoms with E-state index >= 15 is 0 Å². The highest BCUT2D eigenvalue weighted by Crippen LogP contribution is 2.27. The second-order valence-electron chi connectivity index (χ2n) is 6.55. The summed E-state index contributed by atoms with van der Waals surface area (Å²) >= 11 is 0. The van der Waals surface area contributed by atoms with E-state index in [1.165, 1.54) is 0 Å². The Morgan fingerprint density at radius 3 is 2.48 bits per heavy atom. The van der Waals surface area contributed by atoms with Crippen LogP contribution in [0.2, 0.25) is 0 Å². The summed E-state index contributed by atoms with van der Waals surface area (Å²) in [6.07, 6.45) is 2.15. The van der Waals surface area contributed by atoms with Crippen LogP contribution in [0.4, 0.5) is 0 Å². The van der Waals surface area contributed by atoms with Crippen molar-refractivity contribution in [2.45, 2.75) is 45.4 Å². The number of likely N-dealkylation sites (tertiary alicyclic amines) is 1. The lowest BCUT2D eigenvalue weighted by Crippen LogP contribution is -2.38. The number of Topliss-reactive ketones (excluding diaryl/α,β-unsaturated/α-hetero) is 1. The third kappa shape index (κ3) is 4.13. The van der Waals surface area contributed by atoms with Crippen molar-refractivity contribution in [1.29, 1.82) is 0 Å². The van der Waals surface area contributed by atoms with Crippen LogP contribution < -0.4 is 0 Å².